The number of methoxy groups -OCH3 is 2. The molecule has 106 valence electrons. The van der Waals surface area contributed by atoms with Crippen molar-refractivity contribution in [2.75, 3.05) is 20.8 Å². The second-order valence-electron chi connectivity index (χ2n) is 4.84. The van der Waals surface area contributed by atoms with Crippen LogP contribution in [0.3, 0.4) is 0 Å². The van der Waals surface area contributed by atoms with E-state index in [0.29, 0.717) is 0 Å². The summed E-state index contributed by atoms with van der Waals surface area (Å²) in [5.74, 6) is 0.777. The molecule has 1 unspecified atom stereocenters. The van der Waals surface area contributed by atoms with Crippen LogP contribution in [-0.4, -0.2) is 25.9 Å². The molecule has 1 N–H and O–H groups in total. The highest BCUT2D eigenvalue weighted by atomic mass is 16.5. The molecule has 0 amide bonds. The minimum Gasteiger partial charge on any atom is -0.497 e. The first-order valence-corrected chi connectivity index (χ1v) is 6.54. The Morgan fingerprint density at radius 1 is 1.05 bits per heavy atom. The Labute approximate surface area is 119 Å². The van der Waals surface area contributed by atoms with E-state index in [1.807, 2.05) is 55.5 Å². The van der Waals surface area contributed by atoms with Gasteiger partial charge in [-0.1, -0.05) is 36.4 Å². The fourth-order valence-corrected chi connectivity index (χ4v) is 2.47. The van der Waals surface area contributed by atoms with Gasteiger partial charge in [-0.05, 0) is 35.7 Å². The first kappa shape index (κ1) is 14.6. The molecule has 0 aliphatic carbocycles. The van der Waals surface area contributed by atoms with Gasteiger partial charge < -0.3 is 14.6 Å². The minimum absolute atomic E-state index is 0.199. The van der Waals surface area contributed by atoms with Crippen molar-refractivity contribution < 1.29 is 14.6 Å². The molecule has 2 aromatic rings. The molecule has 0 spiro atoms. The molecule has 0 aliphatic rings. The molecule has 0 radical (unpaired) electrons. The number of aliphatic hydroxyl groups is 1. The molecule has 1 atom stereocenters. The number of benzene rings is 2. The van der Waals surface area contributed by atoms with Gasteiger partial charge in [0.1, 0.15) is 11.4 Å². The second kappa shape index (κ2) is 6.07. The Balaban J connectivity index is 2.53. The van der Waals surface area contributed by atoms with Crippen molar-refractivity contribution in [1.82, 2.24) is 0 Å². The van der Waals surface area contributed by atoms with Gasteiger partial charge >= 0.3 is 0 Å². The van der Waals surface area contributed by atoms with Gasteiger partial charge in [0.25, 0.3) is 0 Å². The van der Waals surface area contributed by atoms with Crippen LogP contribution in [0, 0.1) is 6.92 Å². The van der Waals surface area contributed by atoms with Gasteiger partial charge in [0.05, 0.1) is 13.7 Å². The van der Waals surface area contributed by atoms with E-state index in [9.17, 15) is 5.11 Å². The molecule has 2 aromatic carbocycles. The van der Waals surface area contributed by atoms with Gasteiger partial charge in [0, 0.05) is 7.11 Å². The predicted octanol–water partition coefficient (Wildman–Crippen LogP) is 2.89. The molecule has 20 heavy (non-hydrogen) atoms. The smallest absolute Gasteiger partial charge is 0.138 e. The van der Waals surface area contributed by atoms with E-state index >= 15 is 0 Å². The summed E-state index contributed by atoms with van der Waals surface area (Å²) in [4.78, 5) is 0. The van der Waals surface area contributed by atoms with Gasteiger partial charge in [-0.3, -0.25) is 0 Å². The zero-order chi connectivity index (χ0) is 14.6. The van der Waals surface area contributed by atoms with Crippen LogP contribution in [-0.2, 0) is 10.3 Å². The van der Waals surface area contributed by atoms with E-state index in [4.69, 9.17) is 9.47 Å². The third-order valence-electron chi connectivity index (χ3n) is 3.48. The summed E-state index contributed by atoms with van der Waals surface area (Å²) in [5, 5.41) is 11.1. The van der Waals surface area contributed by atoms with Crippen molar-refractivity contribution in [3.05, 3.63) is 65.2 Å². The number of rotatable bonds is 5. The maximum atomic E-state index is 11.1. The average molecular weight is 272 g/mol. The first-order valence-electron chi connectivity index (χ1n) is 6.54. The van der Waals surface area contributed by atoms with Gasteiger partial charge in [0.15, 0.2) is 0 Å². The van der Waals surface area contributed by atoms with Crippen molar-refractivity contribution in [1.29, 1.82) is 0 Å². The summed E-state index contributed by atoms with van der Waals surface area (Å²) in [6, 6.07) is 15.2. The molecule has 2 rings (SSSR count). The predicted molar refractivity (Wildman–Crippen MR) is 79.0 cm³/mol. The fraction of sp³-hybridized carbons (Fsp3) is 0.294. The Kier molecular flexibility index (Phi) is 4.42. The van der Waals surface area contributed by atoms with Crippen LogP contribution in [0.15, 0.2) is 48.5 Å². The summed E-state index contributed by atoms with van der Waals surface area (Å²) in [6.07, 6.45) is 0. The SMILES string of the molecule is COCC(O)(c1ccccc1)c1ccc(OC)cc1C. The molecule has 0 aromatic heterocycles. The lowest BCUT2D eigenvalue weighted by Gasteiger charge is -2.30. The summed E-state index contributed by atoms with van der Waals surface area (Å²) in [5.41, 5.74) is 1.45. The maximum absolute atomic E-state index is 11.1. The van der Waals surface area contributed by atoms with Crippen LogP contribution in [0.25, 0.3) is 0 Å². The largest absolute Gasteiger partial charge is 0.497 e. The van der Waals surface area contributed by atoms with Crippen LogP contribution in [0.2, 0.25) is 0 Å². The maximum Gasteiger partial charge on any atom is 0.138 e. The van der Waals surface area contributed by atoms with Crippen LogP contribution < -0.4 is 4.74 Å². The molecular formula is C17H20O3. The van der Waals surface area contributed by atoms with Gasteiger partial charge in [0.2, 0.25) is 0 Å². The highest BCUT2D eigenvalue weighted by molar-refractivity contribution is 5.44. The second-order valence-corrected chi connectivity index (χ2v) is 4.84. The Bertz CT molecular complexity index is 566. The molecular weight excluding hydrogens is 252 g/mol. The van der Waals surface area contributed by atoms with Crippen LogP contribution in [0.5, 0.6) is 5.75 Å². The number of aryl methyl sites for hydroxylation is 1. The molecule has 3 nitrogen and oxygen atoms in total. The number of hydrogen-bond acceptors (Lipinski definition) is 3. The van der Waals surface area contributed by atoms with Crippen molar-refractivity contribution >= 4 is 0 Å². The van der Waals surface area contributed by atoms with Crippen LogP contribution >= 0.6 is 0 Å². The van der Waals surface area contributed by atoms with E-state index in [1.165, 1.54) is 0 Å². The zero-order valence-corrected chi connectivity index (χ0v) is 12.1. The monoisotopic (exact) mass is 272 g/mol. The van der Waals surface area contributed by atoms with Gasteiger partial charge in [-0.25, -0.2) is 0 Å². The van der Waals surface area contributed by atoms with Crippen molar-refractivity contribution in [3.63, 3.8) is 0 Å². The highest BCUT2D eigenvalue weighted by Crippen LogP contribution is 2.33. The molecule has 0 bridgehead atoms. The van der Waals surface area contributed by atoms with Crippen LogP contribution in [0.1, 0.15) is 16.7 Å². The first-order chi connectivity index (χ1) is 9.61. The lowest BCUT2D eigenvalue weighted by molar-refractivity contribution is -0.00373. The summed E-state index contributed by atoms with van der Waals surface area (Å²) in [7, 11) is 3.22. The van der Waals surface area contributed by atoms with E-state index in [0.717, 1.165) is 22.4 Å². The molecule has 0 heterocycles. The standard InChI is InChI=1S/C17H20O3/c1-13-11-15(20-3)9-10-16(13)17(18,12-19-2)14-7-5-4-6-8-14/h4-11,18H,12H2,1-3H3. The topological polar surface area (TPSA) is 38.7 Å². The normalized spacial score (nSPS) is 13.8. The Morgan fingerprint density at radius 2 is 1.75 bits per heavy atom. The summed E-state index contributed by atoms with van der Waals surface area (Å²) >= 11 is 0. The Hall–Kier alpha value is -1.84. The lowest BCUT2D eigenvalue weighted by Crippen LogP contribution is -2.33. The number of hydrogen-bond donors (Lipinski definition) is 1. The Morgan fingerprint density at radius 3 is 2.30 bits per heavy atom. The van der Waals surface area contributed by atoms with E-state index in [2.05, 4.69) is 0 Å². The fourth-order valence-electron chi connectivity index (χ4n) is 2.47. The molecule has 0 fully saturated rings. The third kappa shape index (κ3) is 2.69. The third-order valence-corrected chi connectivity index (χ3v) is 3.48. The van der Waals surface area contributed by atoms with Crippen LogP contribution in [0.4, 0.5) is 0 Å². The van der Waals surface area contributed by atoms with Crippen molar-refractivity contribution in [2.24, 2.45) is 0 Å². The lowest BCUT2D eigenvalue weighted by atomic mass is 9.84. The van der Waals surface area contributed by atoms with Crippen molar-refractivity contribution in [3.8, 4) is 5.75 Å². The molecule has 3 heteroatoms. The minimum atomic E-state index is -1.16. The van der Waals surface area contributed by atoms with E-state index < -0.39 is 5.60 Å². The number of ether oxygens (including phenoxy) is 2. The van der Waals surface area contributed by atoms with Crippen molar-refractivity contribution in [2.45, 2.75) is 12.5 Å². The van der Waals surface area contributed by atoms with E-state index in [1.54, 1.807) is 14.2 Å². The average Bonchev–Trinajstić information content (AvgIpc) is 2.48. The van der Waals surface area contributed by atoms with Gasteiger partial charge in [-0.2, -0.15) is 0 Å². The summed E-state index contributed by atoms with van der Waals surface area (Å²) < 4.78 is 10.5. The summed E-state index contributed by atoms with van der Waals surface area (Å²) in [6.45, 7) is 2.16. The molecule has 0 aliphatic heterocycles. The molecule has 0 saturated heterocycles. The van der Waals surface area contributed by atoms with Gasteiger partial charge in [-0.15, -0.1) is 0 Å². The quantitative estimate of drug-likeness (QED) is 0.909. The molecule has 0 saturated carbocycles. The zero-order valence-electron chi connectivity index (χ0n) is 12.1. The highest BCUT2D eigenvalue weighted by Gasteiger charge is 2.33. The van der Waals surface area contributed by atoms with E-state index in [-0.39, 0.29) is 6.61 Å².